The van der Waals surface area contributed by atoms with Gasteiger partial charge in [0.2, 0.25) is 0 Å². The first-order chi connectivity index (χ1) is 5.74. The molecule has 0 aliphatic heterocycles. The molecule has 0 aromatic heterocycles. The Morgan fingerprint density at radius 2 is 1.08 bits per heavy atom. The van der Waals surface area contributed by atoms with Crippen molar-refractivity contribution in [1.82, 2.24) is 0 Å². The molecule has 4 heteroatoms. The lowest BCUT2D eigenvalue weighted by molar-refractivity contribution is 0.502. The topological polar surface area (TPSA) is 88.0 Å². The largest absolute Gasteiger partial charge is 0.443 e. The second-order valence-electron chi connectivity index (χ2n) is 1.91. The third-order valence-corrected chi connectivity index (χ3v) is 0.957. The van der Waals surface area contributed by atoms with Crippen LogP contribution in [0.25, 0.3) is 0 Å². The Hall–Kier alpha value is -1.42. The maximum absolute atomic E-state index is 6.88. The molecule has 0 bridgehead atoms. The Kier molecular flexibility index (Phi) is 47.3. The third kappa shape index (κ3) is 197. The molecule has 0 spiro atoms. The molecule has 0 saturated heterocycles. The Morgan fingerprint density at radius 3 is 1.17 bits per heavy atom. The number of unbranched alkanes of at least 4 members (excludes halogenated alkanes) is 3. The normalized spacial score (nSPS) is 5.67. The number of nitrogens with zero attached hydrogens (tertiary/aromatic N) is 2. The lowest BCUT2D eigenvalue weighted by atomic mass is 10.2. The minimum absolute atomic E-state index is 0.750. The predicted molar refractivity (Wildman–Crippen MR) is 44.9 cm³/mol. The molecule has 12 heavy (non-hydrogen) atoms. The fraction of sp³-hybridized carbons (Fsp3) is 0.750. The SMILES string of the molecule is CCCCCC.N#CO.N#CO. The number of aliphatic hydroxyl groups is 2. The summed E-state index contributed by atoms with van der Waals surface area (Å²) in [6, 6.07) is 0. The van der Waals surface area contributed by atoms with E-state index in [4.69, 9.17) is 20.7 Å². The van der Waals surface area contributed by atoms with Gasteiger partial charge in [-0.15, -0.1) is 0 Å². The Morgan fingerprint density at radius 1 is 0.917 bits per heavy atom. The van der Waals surface area contributed by atoms with E-state index < -0.39 is 0 Å². The fourth-order valence-electron chi connectivity index (χ4n) is 0.500. The molecule has 0 aliphatic carbocycles. The molecule has 0 atom stereocenters. The Balaban J connectivity index is -0.000000115. The average Bonchev–Trinajstić information content (AvgIpc) is 2.04. The number of hydrogen-bond donors (Lipinski definition) is 2. The molecule has 70 valence electrons. The summed E-state index contributed by atoms with van der Waals surface area (Å²) in [4.78, 5) is 0. The molecule has 0 amide bonds. The quantitative estimate of drug-likeness (QED) is 0.504. The van der Waals surface area contributed by atoms with Crippen LogP contribution in [0.3, 0.4) is 0 Å². The van der Waals surface area contributed by atoms with E-state index >= 15 is 0 Å². The monoisotopic (exact) mass is 172 g/mol. The lowest BCUT2D eigenvalue weighted by Crippen LogP contribution is -1.66. The zero-order valence-electron chi connectivity index (χ0n) is 7.62. The van der Waals surface area contributed by atoms with Gasteiger partial charge in [-0.25, -0.2) is 0 Å². The summed E-state index contributed by atoms with van der Waals surface area (Å²) in [6.07, 6.45) is 7.04. The van der Waals surface area contributed by atoms with Crippen LogP contribution in [0.5, 0.6) is 0 Å². The molecule has 0 unspecified atom stereocenters. The lowest BCUT2D eigenvalue weighted by Gasteiger charge is -1.86. The number of rotatable bonds is 3. The smallest absolute Gasteiger partial charge is 0.283 e. The van der Waals surface area contributed by atoms with Crippen LogP contribution < -0.4 is 0 Å². The van der Waals surface area contributed by atoms with Gasteiger partial charge in [0.05, 0.1) is 0 Å². The fourth-order valence-corrected chi connectivity index (χ4v) is 0.500. The van der Waals surface area contributed by atoms with E-state index in [1.165, 1.54) is 25.7 Å². The van der Waals surface area contributed by atoms with Crippen molar-refractivity contribution in [2.24, 2.45) is 0 Å². The van der Waals surface area contributed by atoms with Crippen molar-refractivity contribution in [2.45, 2.75) is 39.5 Å². The highest BCUT2D eigenvalue weighted by Gasteiger charge is 1.75. The van der Waals surface area contributed by atoms with Crippen molar-refractivity contribution < 1.29 is 10.2 Å². The summed E-state index contributed by atoms with van der Waals surface area (Å²) in [5.41, 5.74) is 0. The molecule has 0 aromatic carbocycles. The van der Waals surface area contributed by atoms with E-state index in [1.54, 1.807) is 0 Å². The van der Waals surface area contributed by atoms with Gasteiger partial charge in [-0.3, -0.25) is 0 Å². The predicted octanol–water partition coefficient (Wildman–Crippen LogP) is 2.27. The highest BCUT2D eigenvalue weighted by molar-refractivity contribution is 4.31. The summed E-state index contributed by atoms with van der Waals surface area (Å²) >= 11 is 0. The molecule has 0 saturated carbocycles. The molecular formula is C8H16N2O2. The van der Waals surface area contributed by atoms with Crippen molar-refractivity contribution in [3.63, 3.8) is 0 Å². The van der Waals surface area contributed by atoms with Gasteiger partial charge in [0.15, 0.2) is 0 Å². The Labute approximate surface area is 73.7 Å². The maximum atomic E-state index is 6.88. The second-order valence-corrected chi connectivity index (χ2v) is 1.91. The van der Waals surface area contributed by atoms with Crippen LogP contribution >= 0.6 is 0 Å². The summed E-state index contributed by atoms with van der Waals surface area (Å²) in [7, 11) is 0. The Bertz CT molecular complexity index is 108. The molecule has 0 fully saturated rings. The molecule has 0 aromatic rings. The molecule has 0 radical (unpaired) electrons. The van der Waals surface area contributed by atoms with E-state index in [-0.39, 0.29) is 0 Å². The van der Waals surface area contributed by atoms with Crippen LogP contribution in [-0.2, 0) is 0 Å². The van der Waals surface area contributed by atoms with E-state index in [0.717, 1.165) is 12.5 Å². The first-order valence-electron chi connectivity index (χ1n) is 3.81. The van der Waals surface area contributed by atoms with Gasteiger partial charge in [-0.2, -0.15) is 10.5 Å². The van der Waals surface area contributed by atoms with Crippen molar-refractivity contribution in [3.05, 3.63) is 0 Å². The van der Waals surface area contributed by atoms with Crippen molar-refractivity contribution in [2.75, 3.05) is 0 Å². The van der Waals surface area contributed by atoms with Gasteiger partial charge in [0.25, 0.3) is 12.5 Å². The summed E-state index contributed by atoms with van der Waals surface area (Å²) in [5.74, 6) is 0. The maximum Gasteiger partial charge on any atom is 0.283 e. The van der Waals surface area contributed by atoms with Crippen molar-refractivity contribution in [1.29, 1.82) is 10.5 Å². The number of aliphatic hydroxyl groups excluding tert-OH is 2. The van der Waals surface area contributed by atoms with Gasteiger partial charge >= 0.3 is 0 Å². The van der Waals surface area contributed by atoms with Gasteiger partial charge in [0.1, 0.15) is 0 Å². The highest BCUT2D eigenvalue weighted by Crippen LogP contribution is 1.95. The molecule has 2 N–H and O–H groups in total. The van der Waals surface area contributed by atoms with Crippen LogP contribution in [0.1, 0.15) is 39.5 Å². The number of hydrogen-bond acceptors (Lipinski definition) is 4. The van der Waals surface area contributed by atoms with Gasteiger partial charge in [-0.1, -0.05) is 39.5 Å². The van der Waals surface area contributed by atoms with E-state index in [9.17, 15) is 0 Å². The van der Waals surface area contributed by atoms with E-state index in [2.05, 4.69) is 13.8 Å². The summed E-state index contributed by atoms with van der Waals surface area (Å²) in [5, 5.41) is 27.5. The van der Waals surface area contributed by atoms with Crippen LogP contribution in [0.4, 0.5) is 0 Å². The molecule has 0 heterocycles. The van der Waals surface area contributed by atoms with Crippen LogP contribution in [-0.4, -0.2) is 10.2 Å². The van der Waals surface area contributed by atoms with Crippen molar-refractivity contribution >= 4 is 0 Å². The first kappa shape index (κ1) is 16.9. The zero-order chi connectivity index (χ0) is 10.2. The molecule has 0 rings (SSSR count). The van der Waals surface area contributed by atoms with Gasteiger partial charge < -0.3 is 10.2 Å². The standard InChI is InChI=1S/C6H14.2CHNO/c1-3-5-6-4-2;2*2-1-3/h3-6H2,1-2H3;2*3H. The van der Waals surface area contributed by atoms with Gasteiger partial charge in [0, 0.05) is 0 Å². The second kappa shape index (κ2) is 33.6. The summed E-state index contributed by atoms with van der Waals surface area (Å²) < 4.78 is 0. The molecule has 0 aliphatic rings. The molecular weight excluding hydrogens is 156 g/mol. The van der Waals surface area contributed by atoms with E-state index in [1.807, 2.05) is 0 Å². The first-order valence-corrected chi connectivity index (χ1v) is 3.81. The van der Waals surface area contributed by atoms with Crippen LogP contribution in [0, 0.1) is 23.0 Å². The molecule has 4 nitrogen and oxygen atoms in total. The zero-order valence-corrected chi connectivity index (χ0v) is 7.62. The van der Waals surface area contributed by atoms with Crippen molar-refractivity contribution in [3.8, 4) is 12.5 Å². The third-order valence-electron chi connectivity index (χ3n) is 0.957. The van der Waals surface area contributed by atoms with E-state index in [0.29, 0.717) is 0 Å². The summed E-state index contributed by atoms with van der Waals surface area (Å²) in [6.45, 7) is 4.46. The minimum atomic E-state index is 0.750. The highest BCUT2D eigenvalue weighted by atomic mass is 16.2. The average molecular weight is 172 g/mol. The van der Waals surface area contributed by atoms with Gasteiger partial charge in [-0.05, 0) is 0 Å². The van der Waals surface area contributed by atoms with Crippen LogP contribution in [0.2, 0.25) is 0 Å². The number of nitriles is 2. The van der Waals surface area contributed by atoms with Crippen LogP contribution in [0.15, 0.2) is 0 Å². The minimum Gasteiger partial charge on any atom is -0.443 e.